The number of benzene rings is 1. The van der Waals surface area contributed by atoms with Crippen molar-refractivity contribution >= 4 is 28.8 Å². The van der Waals surface area contributed by atoms with Gasteiger partial charge in [0.05, 0.1) is 4.99 Å². The summed E-state index contributed by atoms with van der Waals surface area (Å²) in [6.45, 7) is 0.578. The molecule has 1 aliphatic carbocycles. The Balaban J connectivity index is 2.13. The van der Waals surface area contributed by atoms with Crippen LogP contribution in [0.5, 0.6) is 0 Å². The van der Waals surface area contributed by atoms with Crippen LogP contribution < -0.4 is 10.6 Å². The van der Waals surface area contributed by atoms with Gasteiger partial charge in [-0.1, -0.05) is 56.1 Å². The van der Waals surface area contributed by atoms with Gasteiger partial charge in [0.15, 0.2) is 0 Å². The van der Waals surface area contributed by atoms with E-state index in [1.165, 1.54) is 12.8 Å². The molecule has 1 fully saturated rings. The molecule has 1 saturated carbocycles. The van der Waals surface area contributed by atoms with Crippen LogP contribution in [0.3, 0.4) is 0 Å². The molecule has 2 rings (SSSR count). The number of amides is 1. The summed E-state index contributed by atoms with van der Waals surface area (Å²) < 4.78 is 0. The Bertz CT molecular complexity index is 467. The molecule has 1 amide bonds. The van der Waals surface area contributed by atoms with Crippen LogP contribution in [0.15, 0.2) is 30.3 Å². The van der Waals surface area contributed by atoms with E-state index in [0.29, 0.717) is 18.0 Å². The number of thiocarbonyl (C=S) groups is 1. The number of hydrogen-bond donors (Lipinski definition) is 1. The lowest BCUT2D eigenvalue weighted by Crippen LogP contribution is -2.38. The van der Waals surface area contributed by atoms with E-state index in [9.17, 15) is 4.79 Å². The predicted molar refractivity (Wildman–Crippen MR) is 91.4 cm³/mol. The van der Waals surface area contributed by atoms with Crippen LogP contribution in [0, 0.1) is 5.92 Å². The topological polar surface area (TPSA) is 46.3 Å². The summed E-state index contributed by atoms with van der Waals surface area (Å²) in [6.07, 6.45) is 7.42. The summed E-state index contributed by atoms with van der Waals surface area (Å²) in [4.78, 5) is 15.2. The molecule has 1 aromatic rings. The lowest BCUT2D eigenvalue weighted by atomic mass is 9.98. The highest BCUT2D eigenvalue weighted by molar-refractivity contribution is 7.80. The maximum absolute atomic E-state index is 12.9. The van der Waals surface area contributed by atoms with Gasteiger partial charge >= 0.3 is 0 Å². The molecule has 3 nitrogen and oxygen atoms in total. The molecular formula is C17H24N2OS. The number of nitrogens with two attached hydrogens (primary N) is 1. The summed E-state index contributed by atoms with van der Waals surface area (Å²) >= 11 is 4.97. The van der Waals surface area contributed by atoms with Gasteiger partial charge in [-0.15, -0.1) is 0 Å². The number of carbonyl (C=O) groups excluding carboxylic acids is 1. The van der Waals surface area contributed by atoms with Crippen molar-refractivity contribution in [1.29, 1.82) is 0 Å². The molecule has 4 heteroatoms. The molecule has 114 valence electrons. The number of para-hydroxylation sites is 1. The van der Waals surface area contributed by atoms with Gasteiger partial charge in [0, 0.05) is 24.6 Å². The third-order valence-electron chi connectivity index (χ3n) is 4.12. The Labute approximate surface area is 132 Å². The quantitative estimate of drug-likeness (QED) is 0.667. The van der Waals surface area contributed by atoms with E-state index in [1.807, 2.05) is 35.2 Å². The van der Waals surface area contributed by atoms with Gasteiger partial charge in [-0.2, -0.15) is 0 Å². The minimum atomic E-state index is 0.152. The maximum Gasteiger partial charge on any atom is 0.230 e. The van der Waals surface area contributed by atoms with Crippen LogP contribution in [0.1, 0.15) is 44.9 Å². The second-order valence-electron chi connectivity index (χ2n) is 5.73. The first-order chi connectivity index (χ1) is 10.2. The maximum atomic E-state index is 12.9. The van der Waals surface area contributed by atoms with E-state index in [-0.39, 0.29) is 11.8 Å². The number of hydrogen-bond acceptors (Lipinski definition) is 2. The monoisotopic (exact) mass is 304 g/mol. The molecule has 0 saturated heterocycles. The normalized spacial score (nSPS) is 16.2. The second-order valence-corrected chi connectivity index (χ2v) is 6.25. The molecule has 1 aliphatic rings. The number of carbonyl (C=O) groups is 1. The molecule has 0 spiro atoms. The SMILES string of the molecule is NC(=S)CCN(C(=O)C1CCCCCC1)c1ccccc1. The standard InChI is InChI=1S/C17H24N2OS/c18-16(21)12-13-19(15-10-6-3-7-11-15)17(20)14-8-4-1-2-5-9-14/h3,6-7,10-11,14H,1-2,4-5,8-9,12-13H2,(H2,18,21). The first-order valence-electron chi connectivity index (χ1n) is 7.83. The second kappa shape index (κ2) is 8.13. The van der Waals surface area contributed by atoms with Crippen LogP contribution in [-0.2, 0) is 4.79 Å². The molecule has 0 aromatic heterocycles. The summed E-state index contributed by atoms with van der Waals surface area (Å²) in [7, 11) is 0. The Morgan fingerprint density at radius 2 is 1.76 bits per heavy atom. The van der Waals surface area contributed by atoms with Crippen molar-refractivity contribution in [3.05, 3.63) is 30.3 Å². The van der Waals surface area contributed by atoms with Gasteiger partial charge in [-0.25, -0.2) is 0 Å². The summed E-state index contributed by atoms with van der Waals surface area (Å²) in [5.74, 6) is 0.387. The third-order valence-corrected chi connectivity index (χ3v) is 4.32. The van der Waals surface area contributed by atoms with Crippen molar-refractivity contribution in [3.63, 3.8) is 0 Å². The Hall–Kier alpha value is -1.42. The van der Waals surface area contributed by atoms with Crippen molar-refractivity contribution in [2.75, 3.05) is 11.4 Å². The Kier molecular flexibility index (Phi) is 6.18. The average molecular weight is 304 g/mol. The fourth-order valence-corrected chi connectivity index (χ4v) is 3.03. The van der Waals surface area contributed by atoms with Crippen LogP contribution in [0.2, 0.25) is 0 Å². The predicted octanol–water partition coefficient (Wildman–Crippen LogP) is 3.67. The van der Waals surface area contributed by atoms with E-state index in [1.54, 1.807) is 0 Å². The van der Waals surface area contributed by atoms with Gasteiger partial charge in [0.25, 0.3) is 0 Å². The first kappa shape index (κ1) is 16.0. The van der Waals surface area contributed by atoms with Gasteiger partial charge in [0.1, 0.15) is 0 Å². The average Bonchev–Trinajstić information content (AvgIpc) is 2.77. The van der Waals surface area contributed by atoms with E-state index in [2.05, 4.69) is 0 Å². The zero-order valence-electron chi connectivity index (χ0n) is 12.5. The number of anilines is 1. The lowest BCUT2D eigenvalue weighted by Gasteiger charge is -2.27. The van der Waals surface area contributed by atoms with Gasteiger partial charge < -0.3 is 10.6 Å². The van der Waals surface area contributed by atoms with Gasteiger partial charge in [-0.3, -0.25) is 4.79 Å². The largest absolute Gasteiger partial charge is 0.393 e. The van der Waals surface area contributed by atoms with E-state index >= 15 is 0 Å². The molecule has 0 heterocycles. The van der Waals surface area contributed by atoms with E-state index < -0.39 is 0 Å². The van der Waals surface area contributed by atoms with E-state index in [0.717, 1.165) is 31.4 Å². The van der Waals surface area contributed by atoms with Crippen molar-refractivity contribution < 1.29 is 4.79 Å². The lowest BCUT2D eigenvalue weighted by molar-refractivity contribution is -0.122. The fraction of sp³-hybridized carbons (Fsp3) is 0.529. The molecule has 2 N–H and O–H groups in total. The van der Waals surface area contributed by atoms with Crippen molar-refractivity contribution in [1.82, 2.24) is 0 Å². The fourth-order valence-electron chi connectivity index (χ4n) is 2.94. The summed E-state index contributed by atoms with van der Waals surface area (Å²) in [6, 6.07) is 9.85. The smallest absolute Gasteiger partial charge is 0.230 e. The molecule has 0 radical (unpaired) electrons. The number of nitrogens with zero attached hydrogens (tertiary/aromatic N) is 1. The molecule has 0 bridgehead atoms. The highest BCUT2D eigenvalue weighted by atomic mass is 32.1. The zero-order valence-corrected chi connectivity index (χ0v) is 13.3. The zero-order chi connectivity index (χ0) is 15.1. The van der Waals surface area contributed by atoms with Crippen molar-refractivity contribution in [3.8, 4) is 0 Å². The van der Waals surface area contributed by atoms with Gasteiger partial charge in [0.2, 0.25) is 5.91 Å². The van der Waals surface area contributed by atoms with Crippen LogP contribution in [-0.4, -0.2) is 17.4 Å². The van der Waals surface area contributed by atoms with Crippen molar-refractivity contribution in [2.24, 2.45) is 11.7 Å². The number of rotatable bonds is 5. The third kappa shape index (κ3) is 4.81. The first-order valence-corrected chi connectivity index (χ1v) is 8.24. The molecule has 1 aromatic carbocycles. The molecule has 0 unspecified atom stereocenters. The molecule has 21 heavy (non-hydrogen) atoms. The highest BCUT2D eigenvalue weighted by Gasteiger charge is 2.26. The van der Waals surface area contributed by atoms with Crippen LogP contribution in [0.25, 0.3) is 0 Å². The Morgan fingerprint density at radius 1 is 1.14 bits per heavy atom. The minimum absolute atomic E-state index is 0.152. The highest BCUT2D eigenvalue weighted by Crippen LogP contribution is 2.27. The van der Waals surface area contributed by atoms with Gasteiger partial charge in [-0.05, 0) is 25.0 Å². The summed E-state index contributed by atoms with van der Waals surface area (Å²) in [5.41, 5.74) is 6.56. The molecular weight excluding hydrogens is 280 g/mol. The van der Waals surface area contributed by atoms with Crippen molar-refractivity contribution in [2.45, 2.75) is 44.9 Å². The van der Waals surface area contributed by atoms with Crippen LogP contribution >= 0.6 is 12.2 Å². The van der Waals surface area contributed by atoms with Crippen LogP contribution in [0.4, 0.5) is 5.69 Å². The molecule has 0 aliphatic heterocycles. The summed E-state index contributed by atoms with van der Waals surface area (Å²) in [5, 5.41) is 0. The Morgan fingerprint density at radius 3 is 2.33 bits per heavy atom. The van der Waals surface area contributed by atoms with E-state index in [4.69, 9.17) is 18.0 Å². The molecule has 0 atom stereocenters. The minimum Gasteiger partial charge on any atom is -0.393 e.